The van der Waals surface area contributed by atoms with Crippen molar-refractivity contribution in [3.05, 3.63) is 35.4 Å². The number of hydrogen-bond acceptors (Lipinski definition) is 2. The van der Waals surface area contributed by atoms with Gasteiger partial charge in [-0.3, -0.25) is 4.21 Å². The molecular formula is C12H17NOS. The lowest BCUT2D eigenvalue weighted by atomic mass is 10.1. The summed E-state index contributed by atoms with van der Waals surface area (Å²) in [6.45, 7) is 4.97. The second kappa shape index (κ2) is 4.45. The summed E-state index contributed by atoms with van der Waals surface area (Å²) in [6.07, 6.45) is 0. The van der Waals surface area contributed by atoms with Gasteiger partial charge in [-0.2, -0.15) is 0 Å². The highest BCUT2D eigenvalue weighted by Crippen LogP contribution is 2.19. The van der Waals surface area contributed by atoms with Gasteiger partial charge in [-0.25, -0.2) is 0 Å². The van der Waals surface area contributed by atoms with E-state index >= 15 is 0 Å². The summed E-state index contributed by atoms with van der Waals surface area (Å²) in [7, 11) is -0.683. The molecule has 1 saturated heterocycles. The minimum Gasteiger partial charge on any atom is -0.308 e. The lowest BCUT2D eigenvalue weighted by Crippen LogP contribution is -2.41. The van der Waals surface area contributed by atoms with Crippen molar-refractivity contribution in [1.29, 1.82) is 0 Å². The molecule has 82 valence electrons. The highest BCUT2D eigenvalue weighted by atomic mass is 32.2. The summed E-state index contributed by atoms with van der Waals surface area (Å²) in [5.74, 6) is 0.740. The van der Waals surface area contributed by atoms with Gasteiger partial charge in [-0.15, -0.1) is 0 Å². The van der Waals surface area contributed by atoms with E-state index in [0.29, 0.717) is 0 Å². The maximum Gasteiger partial charge on any atom is 0.0445 e. The van der Waals surface area contributed by atoms with Gasteiger partial charge in [-0.05, 0) is 19.4 Å². The molecule has 0 amide bonds. The van der Waals surface area contributed by atoms with Gasteiger partial charge >= 0.3 is 0 Å². The molecule has 2 rings (SSSR count). The van der Waals surface area contributed by atoms with Crippen LogP contribution in [0, 0.1) is 6.92 Å². The number of hydrogen-bond donors (Lipinski definition) is 1. The highest BCUT2D eigenvalue weighted by Gasteiger charge is 2.24. The van der Waals surface area contributed by atoms with Gasteiger partial charge in [0, 0.05) is 34.4 Å². The molecule has 0 spiro atoms. The van der Waals surface area contributed by atoms with Crippen molar-refractivity contribution in [3.63, 3.8) is 0 Å². The molecule has 1 aliphatic rings. The molecule has 1 aromatic rings. The molecule has 1 N–H and O–H groups in total. The van der Waals surface area contributed by atoms with E-state index in [2.05, 4.69) is 36.5 Å². The number of aryl methyl sites for hydroxylation is 1. The van der Waals surface area contributed by atoms with E-state index in [4.69, 9.17) is 0 Å². The third-order valence-corrected chi connectivity index (χ3v) is 4.64. The van der Waals surface area contributed by atoms with E-state index in [-0.39, 0.29) is 11.3 Å². The van der Waals surface area contributed by atoms with Crippen LogP contribution < -0.4 is 5.32 Å². The molecule has 0 saturated carbocycles. The van der Waals surface area contributed by atoms with Crippen molar-refractivity contribution in [3.8, 4) is 0 Å². The first kappa shape index (κ1) is 10.8. The summed E-state index contributed by atoms with van der Waals surface area (Å²) in [5.41, 5.74) is 2.52. The molecule has 3 heteroatoms. The maximum absolute atomic E-state index is 11.7. The zero-order valence-electron chi connectivity index (χ0n) is 9.19. The Morgan fingerprint density at radius 1 is 1.33 bits per heavy atom. The van der Waals surface area contributed by atoms with Crippen molar-refractivity contribution in [2.45, 2.75) is 25.1 Å². The van der Waals surface area contributed by atoms with Gasteiger partial charge in [0.05, 0.1) is 0 Å². The fourth-order valence-corrected chi connectivity index (χ4v) is 3.05. The minimum atomic E-state index is -0.683. The quantitative estimate of drug-likeness (QED) is 0.786. The second-order valence-corrected chi connectivity index (χ2v) is 6.13. The highest BCUT2D eigenvalue weighted by molar-refractivity contribution is 7.85. The molecule has 1 aromatic carbocycles. The molecule has 1 heterocycles. The minimum absolute atomic E-state index is 0.266. The van der Waals surface area contributed by atoms with Crippen molar-refractivity contribution >= 4 is 10.8 Å². The number of nitrogens with one attached hydrogen (secondary N) is 1. The number of rotatable bonds is 1. The molecule has 1 fully saturated rings. The SMILES string of the molecule is Cc1ccc(C2CS(=O)C(C)CN2)cc1. The van der Waals surface area contributed by atoms with Gasteiger partial charge in [-0.1, -0.05) is 29.8 Å². The molecule has 3 unspecified atom stereocenters. The Kier molecular flexibility index (Phi) is 3.22. The average molecular weight is 223 g/mol. The van der Waals surface area contributed by atoms with Crippen LogP contribution in [-0.4, -0.2) is 21.8 Å². The van der Waals surface area contributed by atoms with Crippen LogP contribution in [0.5, 0.6) is 0 Å². The molecule has 0 bridgehead atoms. The Hall–Kier alpha value is -0.670. The van der Waals surface area contributed by atoms with E-state index in [1.165, 1.54) is 11.1 Å². The fourth-order valence-electron chi connectivity index (χ4n) is 1.80. The monoisotopic (exact) mass is 223 g/mol. The predicted molar refractivity (Wildman–Crippen MR) is 64.4 cm³/mol. The predicted octanol–water partition coefficient (Wildman–Crippen LogP) is 1.78. The van der Waals surface area contributed by atoms with Crippen LogP contribution in [-0.2, 0) is 10.8 Å². The van der Waals surface area contributed by atoms with Crippen molar-refractivity contribution in [2.75, 3.05) is 12.3 Å². The van der Waals surface area contributed by atoms with Crippen LogP contribution in [0.1, 0.15) is 24.1 Å². The van der Waals surface area contributed by atoms with Gasteiger partial charge < -0.3 is 5.32 Å². The van der Waals surface area contributed by atoms with E-state index < -0.39 is 10.8 Å². The molecule has 0 aliphatic carbocycles. The Balaban J connectivity index is 2.12. The van der Waals surface area contributed by atoms with E-state index in [9.17, 15) is 4.21 Å². The van der Waals surface area contributed by atoms with Gasteiger partial charge in [0.2, 0.25) is 0 Å². The lowest BCUT2D eigenvalue weighted by molar-refractivity contribution is 0.540. The summed E-state index contributed by atoms with van der Waals surface area (Å²) >= 11 is 0. The summed E-state index contributed by atoms with van der Waals surface area (Å²) < 4.78 is 11.7. The molecule has 3 atom stereocenters. The smallest absolute Gasteiger partial charge is 0.0445 e. The number of benzene rings is 1. The lowest BCUT2D eigenvalue weighted by Gasteiger charge is -2.27. The van der Waals surface area contributed by atoms with E-state index in [0.717, 1.165) is 12.3 Å². The Labute approximate surface area is 93.5 Å². The first-order valence-corrected chi connectivity index (χ1v) is 6.72. The molecule has 0 radical (unpaired) electrons. The second-order valence-electron chi connectivity index (χ2n) is 4.23. The Morgan fingerprint density at radius 2 is 2.00 bits per heavy atom. The molecule has 2 nitrogen and oxygen atoms in total. The third kappa shape index (κ3) is 2.47. The van der Waals surface area contributed by atoms with Crippen LogP contribution in [0.25, 0.3) is 0 Å². The summed E-state index contributed by atoms with van der Waals surface area (Å²) in [4.78, 5) is 0. The normalized spacial score (nSPS) is 31.5. The van der Waals surface area contributed by atoms with Crippen molar-refractivity contribution in [2.24, 2.45) is 0 Å². The zero-order chi connectivity index (χ0) is 10.8. The molecular weight excluding hydrogens is 206 g/mol. The zero-order valence-corrected chi connectivity index (χ0v) is 10.0. The third-order valence-electron chi connectivity index (χ3n) is 2.91. The van der Waals surface area contributed by atoms with E-state index in [1.807, 2.05) is 6.92 Å². The molecule has 15 heavy (non-hydrogen) atoms. The van der Waals surface area contributed by atoms with Gasteiger partial charge in [0.1, 0.15) is 0 Å². The van der Waals surface area contributed by atoms with Crippen LogP contribution >= 0.6 is 0 Å². The topological polar surface area (TPSA) is 29.1 Å². The average Bonchev–Trinajstić information content (AvgIpc) is 2.23. The van der Waals surface area contributed by atoms with Gasteiger partial charge in [0.15, 0.2) is 0 Å². The van der Waals surface area contributed by atoms with Crippen LogP contribution in [0.4, 0.5) is 0 Å². The summed E-state index contributed by atoms with van der Waals surface area (Å²) in [5, 5.41) is 3.73. The maximum atomic E-state index is 11.7. The fraction of sp³-hybridized carbons (Fsp3) is 0.500. The summed E-state index contributed by atoms with van der Waals surface area (Å²) in [6, 6.07) is 8.73. The van der Waals surface area contributed by atoms with Crippen LogP contribution in [0.3, 0.4) is 0 Å². The van der Waals surface area contributed by atoms with E-state index in [1.54, 1.807) is 0 Å². The first-order valence-electron chi connectivity index (χ1n) is 5.34. The van der Waals surface area contributed by atoms with Gasteiger partial charge in [0.25, 0.3) is 0 Å². The first-order chi connectivity index (χ1) is 7.16. The van der Waals surface area contributed by atoms with Crippen LogP contribution in [0.15, 0.2) is 24.3 Å². The van der Waals surface area contributed by atoms with Crippen LogP contribution in [0.2, 0.25) is 0 Å². The Bertz CT molecular complexity index is 360. The van der Waals surface area contributed by atoms with Crippen molar-refractivity contribution in [1.82, 2.24) is 5.32 Å². The molecule has 1 aliphatic heterocycles. The van der Waals surface area contributed by atoms with Crippen molar-refractivity contribution < 1.29 is 4.21 Å². The standard InChI is InChI=1S/C12H17NOS/c1-9-3-5-11(6-4-9)12-8-15(14)10(2)7-13-12/h3-6,10,12-13H,7-8H2,1-2H3. The largest absolute Gasteiger partial charge is 0.308 e. The Morgan fingerprint density at radius 3 is 2.60 bits per heavy atom. The molecule has 0 aromatic heterocycles.